The topological polar surface area (TPSA) is 69.7 Å². The molecule has 0 aliphatic carbocycles. The standard InChI is InChI=1S/C11H7N3O3S/c15-14(16)10-9(12-11-13(10)6-7-18-11)17-8-4-2-1-3-5-8/h1-7H. The number of hydrogen-bond donors (Lipinski definition) is 0. The van der Waals surface area contributed by atoms with E-state index in [0.29, 0.717) is 10.7 Å². The molecule has 90 valence electrons. The Bertz CT molecular complexity index is 705. The van der Waals surface area contributed by atoms with Gasteiger partial charge in [0.15, 0.2) is 0 Å². The van der Waals surface area contributed by atoms with Crippen LogP contribution in [0, 0.1) is 10.1 Å². The van der Waals surface area contributed by atoms with E-state index in [0.717, 1.165) is 0 Å². The number of nitrogens with zero attached hydrogens (tertiary/aromatic N) is 3. The Morgan fingerprint density at radius 3 is 2.83 bits per heavy atom. The number of para-hydroxylation sites is 1. The zero-order valence-electron chi connectivity index (χ0n) is 9.02. The molecular formula is C11H7N3O3S. The first-order valence-electron chi connectivity index (χ1n) is 5.08. The van der Waals surface area contributed by atoms with Crippen molar-refractivity contribution < 1.29 is 9.66 Å². The van der Waals surface area contributed by atoms with E-state index in [9.17, 15) is 10.1 Å². The molecule has 0 amide bonds. The largest absolute Gasteiger partial charge is 0.433 e. The molecule has 0 radical (unpaired) electrons. The molecule has 3 aromatic rings. The summed E-state index contributed by atoms with van der Waals surface area (Å²) in [6.07, 6.45) is 1.60. The fourth-order valence-corrected chi connectivity index (χ4v) is 2.29. The van der Waals surface area contributed by atoms with E-state index in [2.05, 4.69) is 4.98 Å². The van der Waals surface area contributed by atoms with E-state index in [1.165, 1.54) is 15.7 Å². The number of rotatable bonds is 3. The first-order chi connectivity index (χ1) is 8.75. The Balaban J connectivity index is 2.08. The quantitative estimate of drug-likeness (QED) is 0.536. The lowest BCUT2D eigenvalue weighted by Crippen LogP contribution is -1.95. The van der Waals surface area contributed by atoms with E-state index in [4.69, 9.17) is 4.74 Å². The Morgan fingerprint density at radius 2 is 2.11 bits per heavy atom. The van der Waals surface area contributed by atoms with Gasteiger partial charge in [-0.3, -0.25) is 0 Å². The van der Waals surface area contributed by atoms with Gasteiger partial charge in [0.2, 0.25) is 0 Å². The number of ether oxygens (including phenoxy) is 1. The van der Waals surface area contributed by atoms with Gasteiger partial charge < -0.3 is 14.9 Å². The van der Waals surface area contributed by atoms with Gasteiger partial charge in [-0.2, -0.15) is 9.38 Å². The summed E-state index contributed by atoms with van der Waals surface area (Å²) in [4.78, 5) is 15.2. The summed E-state index contributed by atoms with van der Waals surface area (Å²) in [5.41, 5.74) is 0. The summed E-state index contributed by atoms with van der Waals surface area (Å²) >= 11 is 1.32. The molecule has 2 aromatic heterocycles. The maximum Gasteiger partial charge on any atom is 0.393 e. The first kappa shape index (κ1) is 10.7. The summed E-state index contributed by atoms with van der Waals surface area (Å²) in [7, 11) is 0. The van der Waals surface area contributed by atoms with Crippen LogP contribution in [-0.4, -0.2) is 14.3 Å². The minimum atomic E-state index is -0.495. The second-order valence-corrected chi connectivity index (χ2v) is 4.34. The SMILES string of the molecule is O=[N+]([O-])c1c(Oc2ccccc2)nc2sccn12. The van der Waals surface area contributed by atoms with Gasteiger partial charge >= 0.3 is 11.7 Å². The van der Waals surface area contributed by atoms with Gasteiger partial charge in [0.05, 0.1) is 0 Å². The summed E-state index contributed by atoms with van der Waals surface area (Å²) in [6, 6.07) is 8.86. The minimum absolute atomic E-state index is 0.0121. The zero-order valence-corrected chi connectivity index (χ0v) is 9.83. The Hall–Kier alpha value is -2.41. The van der Waals surface area contributed by atoms with Crippen LogP contribution in [0.1, 0.15) is 0 Å². The first-order valence-corrected chi connectivity index (χ1v) is 5.96. The Morgan fingerprint density at radius 1 is 1.33 bits per heavy atom. The van der Waals surface area contributed by atoms with Gasteiger partial charge in [-0.25, -0.2) is 0 Å². The minimum Gasteiger partial charge on any atom is -0.433 e. The average molecular weight is 261 g/mol. The summed E-state index contributed by atoms with van der Waals surface area (Å²) in [5.74, 6) is 0.375. The van der Waals surface area contributed by atoms with Crippen molar-refractivity contribution in [3.63, 3.8) is 0 Å². The van der Waals surface area contributed by atoms with E-state index in [1.807, 2.05) is 6.07 Å². The maximum atomic E-state index is 11.1. The van der Waals surface area contributed by atoms with Gasteiger partial charge in [-0.15, -0.1) is 0 Å². The van der Waals surface area contributed by atoms with Crippen LogP contribution < -0.4 is 4.74 Å². The van der Waals surface area contributed by atoms with Crippen LogP contribution in [0.5, 0.6) is 11.6 Å². The summed E-state index contributed by atoms with van der Waals surface area (Å²) in [6.45, 7) is 0. The third-order valence-corrected chi connectivity index (χ3v) is 3.09. The number of hydrogen-bond acceptors (Lipinski definition) is 5. The van der Waals surface area contributed by atoms with Gasteiger partial charge in [-0.05, 0) is 17.1 Å². The van der Waals surface area contributed by atoms with Gasteiger partial charge in [0, 0.05) is 5.38 Å². The third kappa shape index (κ3) is 1.70. The molecule has 6 nitrogen and oxygen atoms in total. The van der Waals surface area contributed by atoms with Crippen LogP contribution >= 0.6 is 11.3 Å². The molecule has 0 aliphatic rings. The molecule has 18 heavy (non-hydrogen) atoms. The highest BCUT2D eigenvalue weighted by Gasteiger charge is 2.25. The highest BCUT2D eigenvalue weighted by molar-refractivity contribution is 7.15. The van der Waals surface area contributed by atoms with Gasteiger partial charge in [0.25, 0.3) is 4.96 Å². The monoisotopic (exact) mass is 261 g/mol. The predicted octanol–water partition coefficient (Wildman–Crippen LogP) is 3.10. The molecule has 0 bridgehead atoms. The summed E-state index contributed by atoms with van der Waals surface area (Å²) in [5, 5.41) is 12.8. The second-order valence-electron chi connectivity index (χ2n) is 3.47. The molecule has 1 aromatic carbocycles. The van der Waals surface area contributed by atoms with E-state index >= 15 is 0 Å². The fourth-order valence-electron chi connectivity index (χ4n) is 1.59. The summed E-state index contributed by atoms with van der Waals surface area (Å²) < 4.78 is 6.85. The molecular weight excluding hydrogens is 254 g/mol. The smallest absolute Gasteiger partial charge is 0.393 e. The number of nitro groups is 1. The van der Waals surface area contributed by atoms with Crippen molar-refractivity contribution in [3.05, 3.63) is 52.0 Å². The van der Waals surface area contributed by atoms with Crippen molar-refractivity contribution in [3.8, 4) is 11.6 Å². The molecule has 0 saturated heterocycles. The molecule has 0 spiro atoms. The average Bonchev–Trinajstić information content (AvgIpc) is 2.89. The zero-order chi connectivity index (χ0) is 12.5. The lowest BCUT2D eigenvalue weighted by Gasteiger charge is -2.01. The molecule has 0 N–H and O–H groups in total. The van der Waals surface area contributed by atoms with Crippen LogP contribution in [0.15, 0.2) is 41.9 Å². The van der Waals surface area contributed by atoms with Crippen LogP contribution in [0.4, 0.5) is 5.82 Å². The number of benzene rings is 1. The van der Waals surface area contributed by atoms with Crippen LogP contribution in [0.3, 0.4) is 0 Å². The Kier molecular flexibility index (Phi) is 2.45. The van der Waals surface area contributed by atoms with Crippen molar-refractivity contribution in [1.29, 1.82) is 0 Å². The van der Waals surface area contributed by atoms with Crippen LogP contribution in [0.25, 0.3) is 4.96 Å². The predicted molar refractivity (Wildman–Crippen MR) is 66.2 cm³/mol. The second kappa shape index (κ2) is 4.11. The fraction of sp³-hybridized carbons (Fsp3) is 0. The highest BCUT2D eigenvalue weighted by atomic mass is 32.1. The van der Waals surface area contributed by atoms with Crippen molar-refractivity contribution in [2.24, 2.45) is 0 Å². The van der Waals surface area contributed by atoms with Crippen LogP contribution in [-0.2, 0) is 0 Å². The molecule has 0 saturated carbocycles. The van der Waals surface area contributed by atoms with Crippen LogP contribution in [0.2, 0.25) is 0 Å². The molecule has 3 rings (SSSR count). The number of imidazole rings is 1. The molecule has 7 heteroatoms. The van der Waals surface area contributed by atoms with Gasteiger partial charge in [0.1, 0.15) is 11.9 Å². The third-order valence-electron chi connectivity index (χ3n) is 2.34. The number of fused-ring (bicyclic) bond motifs is 1. The molecule has 0 unspecified atom stereocenters. The van der Waals surface area contributed by atoms with Crippen molar-refractivity contribution in [2.75, 3.05) is 0 Å². The Labute approximate surface area is 105 Å². The molecule has 0 fully saturated rings. The maximum absolute atomic E-state index is 11.1. The number of thiazole rings is 1. The van der Waals surface area contributed by atoms with E-state index in [1.54, 1.807) is 35.8 Å². The normalized spacial score (nSPS) is 10.7. The molecule has 2 heterocycles. The highest BCUT2D eigenvalue weighted by Crippen LogP contribution is 2.33. The molecule has 0 atom stereocenters. The lowest BCUT2D eigenvalue weighted by molar-refractivity contribution is -0.391. The van der Waals surface area contributed by atoms with E-state index < -0.39 is 4.92 Å². The number of aromatic nitrogens is 2. The van der Waals surface area contributed by atoms with Gasteiger partial charge in [-0.1, -0.05) is 29.5 Å². The van der Waals surface area contributed by atoms with Crippen molar-refractivity contribution in [1.82, 2.24) is 9.38 Å². The van der Waals surface area contributed by atoms with Crippen molar-refractivity contribution >= 4 is 22.1 Å². The lowest BCUT2D eigenvalue weighted by atomic mass is 10.3. The molecule has 0 aliphatic heterocycles. The van der Waals surface area contributed by atoms with E-state index in [-0.39, 0.29) is 11.7 Å². The van der Waals surface area contributed by atoms with Crippen molar-refractivity contribution in [2.45, 2.75) is 0 Å².